The fourth-order valence-electron chi connectivity index (χ4n) is 1.27. The minimum Gasteiger partial charge on any atom is -0.466 e. The average Bonchev–Trinajstić information content (AvgIpc) is 2.27. The number of carbonyl (C=O) groups excluding carboxylic acids is 1. The molecule has 0 spiro atoms. The summed E-state index contributed by atoms with van der Waals surface area (Å²) in [5, 5.41) is 8.59. The molecule has 0 fully saturated rings. The lowest BCUT2D eigenvalue weighted by Gasteiger charge is -2.08. The predicted molar refractivity (Wildman–Crippen MR) is 54.3 cm³/mol. The first kappa shape index (κ1) is 14.0. The van der Waals surface area contributed by atoms with E-state index in [1.54, 1.807) is 6.92 Å². The number of rotatable bonds is 3. The van der Waals surface area contributed by atoms with Gasteiger partial charge in [0.15, 0.2) is 0 Å². The molecule has 0 aliphatic carbocycles. The number of nitriles is 1. The molecule has 1 heterocycles. The number of ether oxygens (including phenoxy) is 1. The highest BCUT2D eigenvalue weighted by Gasteiger charge is 2.33. The third-order valence-corrected chi connectivity index (χ3v) is 1.94. The molecule has 1 aromatic heterocycles. The average molecular weight is 258 g/mol. The van der Waals surface area contributed by atoms with E-state index < -0.39 is 17.8 Å². The van der Waals surface area contributed by atoms with E-state index in [4.69, 9.17) is 5.26 Å². The van der Waals surface area contributed by atoms with Crippen molar-refractivity contribution in [3.63, 3.8) is 0 Å². The van der Waals surface area contributed by atoms with Crippen LogP contribution in [0.5, 0.6) is 0 Å². The summed E-state index contributed by atoms with van der Waals surface area (Å²) in [6.45, 7) is 1.73. The second-order valence-electron chi connectivity index (χ2n) is 3.34. The summed E-state index contributed by atoms with van der Waals surface area (Å²) in [5.74, 6) is -0.652. The van der Waals surface area contributed by atoms with Gasteiger partial charge < -0.3 is 4.74 Å². The van der Waals surface area contributed by atoms with Gasteiger partial charge in [0.2, 0.25) is 0 Å². The van der Waals surface area contributed by atoms with Crippen LogP contribution in [-0.4, -0.2) is 17.6 Å². The smallest absolute Gasteiger partial charge is 0.433 e. The largest absolute Gasteiger partial charge is 0.466 e. The number of nitrogens with zero attached hydrogens (tertiary/aromatic N) is 2. The maximum Gasteiger partial charge on any atom is 0.433 e. The van der Waals surface area contributed by atoms with Crippen molar-refractivity contribution < 1.29 is 22.7 Å². The molecule has 7 heteroatoms. The molecule has 0 saturated heterocycles. The summed E-state index contributed by atoms with van der Waals surface area (Å²) in [5.41, 5.74) is -1.53. The van der Waals surface area contributed by atoms with Crippen molar-refractivity contribution in [3.05, 3.63) is 29.1 Å². The van der Waals surface area contributed by atoms with Gasteiger partial charge in [-0.15, -0.1) is 0 Å². The molecular weight excluding hydrogens is 249 g/mol. The lowest BCUT2D eigenvalue weighted by Crippen LogP contribution is -2.12. The number of hydrogen-bond acceptors (Lipinski definition) is 4. The molecular formula is C11H9F3N2O2. The van der Waals surface area contributed by atoms with E-state index in [0.717, 1.165) is 12.1 Å². The fourth-order valence-corrected chi connectivity index (χ4v) is 1.27. The van der Waals surface area contributed by atoms with Crippen LogP contribution in [0.15, 0.2) is 12.1 Å². The molecule has 0 unspecified atom stereocenters. The van der Waals surface area contributed by atoms with Gasteiger partial charge in [-0.1, -0.05) is 0 Å². The molecule has 0 radical (unpaired) electrons. The van der Waals surface area contributed by atoms with Gasteiger partial charge in [-0.25, -0.2) is 4.98 Å². The zero-order chi connectivity index (χ0) is 13.8. The number of alkyl halides is 3. The Morgan fingerprint density at radius 1 is 1.50 bits per heavy atom. The van der Waals surface area contributed by atoms with E-state index >= 15 is 0 Å². The predicted octanol–water partition coefficient (Wildman–Crippen LogP) is 2.08. The zero-order valence-electron chi connectivity index (χ0n) is 9.41. The molecule has 0 aliphatic rings. The van der Waals surface area contributed by atoms with E-state index in [1.807, 2.05) is 0 Å². The number of hydrogen-bond donors (Lipinski definition) is 0. The third-order valence-electron chi connectivity index (χ3n) is 1.94. The van der Waals surface area contributed by atoms with Crippen LogP contribution in [0.4, 0.5) is 13.2 Å². The van der Waals surface area contributed by atoms with E-state index in [0.29, 0.717) is 0 Å². The molecule has 0 bridgehead atoms. The third kappa shape index (κ3) is 3.73. The SMILES string of the molecule is CCOC(=O)Cc1cc(C#N)nc(C(F)(F)F)c1. The molecule has 96 valence electrons. The van der Waals surface area contributed by atoms with Gasteiger partial charge in [0.25, 0.3) is 0 Å². The first-order valence-electron chi connectivity index (χ1n) is 5.00. The summed E-state index contributed by atoms with van der Waals surface area (Å²) in [7, 11) is 0. The van der Waals surface area contributed by atoms with E-state index in [-0.39, 0.29) is 24.3 Å². The van der Waals surface area contributed by atoms with E-state index in [2.05, 4.69) is 9.72 Å². The van der Waals surface area contributed by atoms with E-state index in [1.165, 1.54) is 6.07 Å². The summed E-state index contributed by atoms with van der Waals surface area (Å²) in [4.78, 5) is 14.3. The molecule has 0 saturated carbocycles. The second-order valence-corrected chi connectivity index (χ2v) is 3.34. The molecule has 1 rings (SSSR count). The number of esters is 1. The minimum atomic E-state index is -4.66. The van der Waals surface area contributed by atoms with Gasteiger partial charge >= 0.3 is 12.1 Å². The molecule has 1 aromatic rings. The Labute approximate surface area is 101 Å². The van der Waals surface area contributed by atoms with Crippen LogP contribution in [0, 0.1) is 11.3 Å². The molecule has 0 atom stereocenters. The molecule has 0 amide bonds. The highest BCUT2D eigenvalue weighted by atomic mass is 19.4. The highest BCUT2D eigenvalue weighted by molar-refractivity contribution is 5.72. The Morgan fingerprint density at radius 3 is 2.67 bits per heavy atom. The van der Waals surface area contributed by atoms with Gasteiger partial charge in [-0.3, -0.25) is 4.79 Å². The van der Waals surface area contributed by atoms with Gasteiger partial charge in [-0.2, -0.15) is 18.4 Å². The minimum absolute atomic E-state index is 0.0484. The van der Waals surface area contributed by atoms with Crippen molar-refractivity contribution >= 4 is 5.97 Å². The molecule has 0 N–H and O–H groups in total. The van der Waals surface area contributed by atoms with Crippen molar-refractivity contribution in [2.45, 2.75) is 19.5 Å². The lowest BCUT2D eigenvalue weighted by atomic mass is 10.1. The van der Waals surface area contributed by atoms with Crippen LogP contribution in [0.25, 0.3) is 0 Å². The van der Waals surface area contributed by atoms with Crippen LogP contribution < -0.4 is 0 Å². The van der Waals surface area contributed by atoms with Gasteiger partial charge in [-0.05, 0) is 24.6 Å². The number of carbonyl (C=O) groups is 1. The van der Waals surface area contributed by atoms with E-state index in [9.17, 15) is 18.0 Å². The van der Waals surface area contributed by atoms with Crippen LogP contribution in [0.3, 0.4) is 0 Å². The van der Waals surface area contributed by atoms with Gasteiger partial charge in [0, 0.05) is 0 Å². The van der Waals surface area contributed by atoms with Gasteiger partial charge in [0.05, 0.1) is 13.0 Å². The Hall–Kier alpha value is -2.10. The lowest BCUT2D eigenvalue weighted by molar-refractivity contribution is -0.143. The van der Waals surface area contributed by atoms with Crippen molar-refractivity contribution in [2.24, 2.45) is 0 Å². The normalized spacial score (nSPS) is 10.8. The topological polar surface area (TPSA) is 63.0 Å². The summed E-state index contributed by atoms with van der Waals surface area (Å²) in [6.07, 6.45) is -4.98. The molecule has 18 heavy (non-hydrogen) atoms. The van der Waals surface area contributed by atoms with Crippen molar-refractivity contribution in [2.75, 3.05) is 6.61 Å². The maximum absolute atomic E-state index is 12.5. The monoisotopic (exact) mass is 258 g/mol. The summed E-state index contributed by atoms with van der Waals surface area (Å²) < 4.78 is 42.1. The highest BCUT2D eigenvalue weighted by Crippen LogP contribution is 2.28. The first-order chi connectivity index (χ1) is 8.36. The Kier molecular flexibility index (Phi) is 4.26. The van der Waals surface area contributed by atoms with Gasteiger partial charge in [0.1, 0.15) is 17.5 Å². The van der Waals surface area contributed by atoms with Crippen molar-refractivity contribution in [1.29, 1.82) is 5.26 Å². The first-order valence-corrected chi connectivity index (χ1v) is 5.00. The Morgan fingerprint density at radius 2 is 2.17 bits per heavy atom. The Bertz CT molecular complexity index is 492. The van der Waals surface area contributed by atoms with Crippen LogP contribution >= 0.6 is 0 Å². The number of halogens is 3. The summed E-state index contributed by atoms with van der Waals surface area (Å²) >= 11 is 0. The Balaban J connectivity index is 3.06. The van der Waals surface area contributed by atoms with Crippen molar-refractivity contribution in [1.82, 2.24) is 4.98 Å². The molecule has 0 aliphatic heterocycles. The van der Waals surface area contributed by atoms with Crippen LogP contribution in [0.1, 0.15) is 23.9 Å². The van der Waals surface area contributed by atoms with Crippen LogP contribution in [0.2, 0.25) is 0 Å². The molecule has 4 nitrogen and oxygen atoms in total. The number of aromatic nitrogens is 1. The summed E-state index contributed by atoms with van der Waals surface area (Å²) in [6, 6.07) is 3.39. The quantitative estimate of drug-likeness (QED) is 0.778. The molecule has 0 aromatic carbocycles. The maximum atomic E-state index is 12.5. The van der Waals surface area contributed by atoms with Crippen LogP contribution in [-0.2, 0) is 22.1 Å². The number of pyridine rings is 1. The fraction of sp³-hybridized carbons (Fsp3) is 0.364. The standard InChI is InChI=1S/C11H9F3N2O2/c1-2-18-10(17)5-7-3-8(6-15)16-9(4-7)11(12,13)14/h3-4H,2,5H2,1H3. The second kappa shape index (κ2) is 5.49. The zero-order valence-corrected chi connectivity index (χ0v) is 9.41. The van der Waals surface area contributed by atoms with Crippen molar-refractivity contribution in [3.8, 4) is 6.07 Å².